The molecule has 33 heavy (non-hydrogen) atoms. The second-order valence-corrected chi connectivity index (χ2v) is 8.42. The van der Waals surface area contributed by atoms with Crippen molar-refractivity contribution in [2.75, 3.05) is 25.6 Å². The third-order valence-corrected chi connectivity index (χ3v) is 6.00. The van der Waals surface area contributed by atoms with E-state index in [1.165, 1.54) is 30.7 Å². The molecule has 0 aliphatic heterocycles. The maximum absolute atomic E-state index is 15.0. The molecule has 2 N–H and O–H groups in total. The monoisotopic (exact) mass is 487 g/mol. The van der Waals surface area contributed by atoms with Gasteiger partial charge in [0.25, 0.3) is 5.91 Å². The zero-order chi connectivity index (χ0) is 23.5. The average Bonchev–Trinajstić information content (AvgIpc) is 3.20. The normalized spacial score (nSPS) is 10.9. The van der Waals surface area contributed by atoms with Crippen LogP contribution in [0.2, 0.25) is 5.02 Å². The number of pyridine rings is 1. The minimum atomic E-state index is -0.689. The smallest absolute Gasteiger partial charge is 0.259 e. The maximum atomic E-state index is 15.0. The molecule has 0 saturated carbocycles. The van der Waals surface area contributed by atoms with Crippen molar-refractivity contribution in [2.24, 2.45) is 0 Å². The number of aliphatic hydroxyl groups excluding tert-OH is 1. The van der Waals surface area contributed by atoms with Crippen LogP contribution in [0.15, 0.2) is 42.6 Å². The number of halogens is 2. The summed E-state index contributed by atoms with van der Waals surface area (Å²) in [5, 5.41) is 12.0. The summed E-state index contributed by atoms with van der Waals surface area (Å²) in [6.45, 7) is 1.83. The third kappa shape index (κ3) is 4.75. The van der Waals surface area contributed by atoms with Crippen molar-refractivity contribution >= 4 is 44.2 Å². The van der Waals surface area contributed by atoms with E-state index in [1.807, 2.05) is 0 Å². The van der Waals surface area contributed by atoms with Gasteiger partial charge in [-0.05, 0) is 43.3 Å². The van der Waals surface area contributed by atoms with Crippen LogP contribution in [-0.2, 0) is 0 Å². The molecule has 7 nitrogen and oxygen atoms in total. The van der Waals surface area contributed by atoms with Gasteiger partial charge in [0.2, 0.25) is 0 Å². The van der Waals surface area contributed by atoms with Crippen molar-refractivity contribution in [1.82, 2.24) is 9.97 Å². The highest BCUT2D eigenvalue weighted by atomic mass is 35.5. The standard InChI is InChI=1S/C23H19ClFN3O4S/c1-12-9-14(20-18(31-2)6-4-16(24)21(20)25)15(11-26-12)22(30)28-23-27-17-5-3-13(32-8-7-29)10-19(17)33-23/h3-6,9-11,29H,7-8H2,1-2H3,(H,27,28,30). The van der Waals surface area contributed by atoms with Crippen LogP contribution >= 0.6 is 22.9 Å². The predicted octanol–water partition coefficient (Wildman–Crippen LogP) is 5.09. The number of aliphatic hydroxyl groups is 1. The molecular weight excluding hydrogens is 469 g/mol. The molecule has 0 unspecified atom stereocenters. The molecular formula is C23H19ClFN3O4S. The first kappa shape index (κ1) is 22.9. The largest absolute Gasteiger partial charge is 0.496 e. The number of hydrogen-bond acceptors (Lipinski definition) is 7. The number of carbonyl (C=O) groups is 1. The van der Waals surface area contributed by atoms with Gasteiger partial charge in [-0.15, -0.1) is 0 Å². The van der Waals surface area contributed by atoms with Crippen molar-refractivity contribution in [3.63, 3.8) is 0 Å². The van der Waals surface area contributed by atoms with E-state index in [1.54, 1.807) is 37.3 Å². The summed E-state index contributed by atoms with van der Waals surface area (Å²) in [6.07, 6.45) is 1.38. The highest BCUT2D eigenvalue weighted by molar-refractivity contribution is 7.22. The highest BCUT2D eigenvalue weighted by Crippen LogP contribution is 2.38. The van der Waals surface area contributed by atoms with Crippen molar-refractivity contribution in [2.45, 2.75) is 6.92 Å². The van der Waals surface area contributed by atoms with Crippen LogP contribution < -0.4 is 14.8 Å². The predicted molar refractivity (Wildman–Crippen MR) is 126 cm³/mol. The molecule has 0 atom stereocenters. The summed E-state index contributed by atoms with van der Waals surface area (Å²) in [6, 6.07) is 9.83. The van der Waals surface area contributed by atoms with Gasteiger partial charge >= 0.3 is 0 Å². The molecule has 0 saturated heterocycles. The Morgan fingerprint density at radius 3 is 2.85 bits per heavy atom. The Kier molecular flexibility index (Phi) is 6.73. The molecule has 0 spiro atoms. The second-order valence-electron chi connectivity index (χ2n) is 6.98. The number of methoxy groups -OCH3 is 1. The Balaban J connectivity index is 1.70. The van der Waals surface area contributed by atoms with Crippen molar-refractivity contribution in [3.8, 4) is 22.6 Å². The SMILES string of the molecule is COc1ccc(Cl)c(F)c1-c1cc(C)ncc1C(=O)Nc1nc2ccc(OCCO)cc2s1. The van der Waals surface area contributed by atoms with E-state index in [0.29, 0.717) is 27.7 Å². The van der Waals surface area contributed by atoms with Gasteiger partial charge in [-0.1, -0.05) is 22.9 Å². The van der Waals surface area contributed by atoms with Crippen LogP contribution in [0.4, 0.5) is 9.52 Å². The van der Waals surface area contributed by atoms with Gasteiger partial charge in [-0.3, -0.25) is 15.1 Å². The van der Waals surface area contributed by atoms with E-state index in [0.717, 1.165) is 4.70 Å². The lowest BCUT2D eigenvalue weighted by molar-refractivity contribution is 0.102. The van der Waals surface area contributed by atoms with Gasteiger partial charge in [0.1, 0.15) is 18.1 Å². The maximum Gasteiger partial charge on any atom is 0.259 e. The number of amides is 1. The Labute approximate surface area is 197 Å². The van der Waals surface area contributed by atoms with Crippen LogP contribution in [0.25, 0.3) is 21.3 Å². The van der Waals surface area contributed by atoms with E-state index in [2.05, 4.69) is 15.3 Å². The second kappa shape index (κ2) is 9.70. The van der Waals surface area contributed by atoms with Crippen molar-refractivity contribution < 1.29 is 23.8 Å². The van der Waals surface area contributed by atoms with Gasteiger partial charge in [-0.25, -0.2) is 9.37 Å². The van der Waals surface area contributed by atoms with Gasteiger partial charge in [-0.2, -0.15) is 0 Å². The molecule has 10 heteroatoms. The van der Waals surface area contributed by atoms with Gasteiger partial charge in [0.15, 0.2) is 10.9 Å². The van der Waals surface area contributed by atoms with Crippen LogP contribution in [0, 0.1) is 12.7 Å². The summed E-state index contributed by atoms with van der Waals surface area (Å²) in [5.41, 5.74) is 1.80. The van der Waals surface area contributed by atoms with E-state index < -0.39 is 11.7 Å². The first-order valence-corrected chi connectivity index (χ1v) is 11.0. The lowest BCUT2D eigenvalue weighted by Crippen LogP contribution is -2.14. The number of carbonyl (C=O) groups excluding carboxylic acids is 1. The minimum Gasteiger partial charge on any atom is -0.496 e. The number of benzene rings is 2. The Morgan fingerprint density at radius 1 is 1.27 bits per heavy atom. The third-order valence-electron chi connectivity index (χ3n) is 4.77. The molecule has 2 aromatic carbocycles. The number of hydrogen-bond donors (Lipinski definition) is 2. The molecule has 4 rings (SSSR count). The van der Waals surface area contributed by atoms with Crippen LogP contribution in [0.1, 0.15) is 16.1 Å². The Morgan fingerprint density at radius 2 is 2.09 bits per heavy atom. The zero-order valence-electron chi connectivity index (χ0n) is 17.7. The molecule has 2 aromatic heterocycles. The number of ether oxygens (including phenoxy) is 2. The molecule has 0 aliphatic carbocycles. The van der Waals surface area contributed by atoms with E-state index in [4.69, 9.17) is 26.2 Å². The molecule has 170 valence electrons. The van der Waals surface area contributed by atoms with E-state index >= 15 is 4.39 Å². The number of aromatic nitrogens is 2. The summed E-state index contributed by atoms with van der Waals surface area (Å²) in [5.74, 6) is -0.362. The summed E-state index contributed by atoms with van der Waals surface area (Å²) >= 11 is 7.26. The number of anilines is 1. The number of aryl methyl sites for hydroxylation is 1. The van der Waals surface area contributed by atoms with Gasteiger partial charge in [0, 0.05) is 17.5 Å². The van der Waals surface area contributed by atoms with Crippen molar-refractivity contribution in [1.29, 1.82) is 0 Å². The molecule has 1 amide bonds. The highest BCUT2D eigenvalue weighted by Gasteiger charge is 2.22. The van der Waals surface area contributed by atoms with E-state index in [9.17, 15) is 4.79 Å². The average molecular weight is 488 g/mol. The fourth-order valence-corrected chi connectivity index (χ4v) is 4.32. The Bertz CT molecular complexity index is 1350. The first-order chi connectivity index (χ1) is 15.9. The number of nitrogens with one attached hydrogen (secondary N) is 1. The fraction of sp³-hybridized carbons (Fsp3) is 0.174. The number of rotatable bonds is 7. The van der Waals surface area contributed by atoms with Crippen LogP contribution in [0.5, 0.6) is 11.5 Å². The quantitative estimate of drug-likeness (QED) is 0.377. The number of nitrogens with zero attached hydrogens (tertiary/aromatic N) is 2. The molecule has 0 bridgehead atoms. The minimum absolute atomic E-state index is 0.0793. The topological polar surface area (TPSA) is 93.6 Å². The number of thiazole rings is 1. The lowest BCUT2D eigenvalue weighted by Gasteiger charge is -2.14. The lowest BCUT2D eigenvalue weighted by atomic mass is 9.98. The summed E-state index contributed by atoms with van der Waals surface area (Å²) in [7, 11) is 1.42. The molecule has 0 aliphatic rings. The molecule has 0 radical (unpaired) electrons. The molecule has 0 fully saturated rings. The molecule has 2 heterocycles. The van der Waals surface area contributed by atoms with Gasteiger partial charge in [0.05, 0.1) is 40.1 Å². The first-order valence-electron chi connectivity index (χ1n) is 9.86. The zero-order valence-corrected chi connectivity index (χ0v) is 19.3. The summed E-state index contributed by atoms with van der Waals surface area (Å²) in [4.78, 5) is 21.8. The number of fused-ring (bicyclic) bond motifs is 1. The van der Waals surface area contributed by atoms with Gasteiger partial charge < -0.3 is 14.6 Å². The van der Waals surface area contributed by atoms with Crippen LogP contribution in [-0.4, -0.2) is 41.3 Å². The molecule has 4 aromatic rings. The van der Waals surface area contributed by atoms with Crippen LogP contribution in [0.3, 0.4) is 0 Å². The summed E-state index contributed by atoms with van der Waals surface area (Å²) < 4.78 is 26.5. The van der Waals surface area contributed by atoms with Crippen molar-refractivity contribution in [3.05, 3.63) is 64.7 Å². The Hall–Kier alpha value is -3.27. The fourth-order valence-electron chi connectivity index (χ4n) is 3.28. The van der Waals surface area contributed by atoms with E-state index in [-0.39, 0.29) is 35.1 Å².